The Hall–Kier alpha value is -2.30. The molecule has 0 aliphatic rings. The zero-order valence-corrected chi connectivity index (χ0v) is 9.29. The van der Waals surface area contributed by atoms with Crippen LogP contribution < -0.4 is 0 Å². The number of nitrogens with zero attached hydrogens (tertiary/aromatic N) is 3. The second-order valence-corrected chi connectivity index (χ2v) is 3.83. The van der Waals surface area contributed by atoms with Gasteiger partial charge in [0, 0.05) is 11.8 Å². The average Bonchev–Trinajstić information content (AvgIpc) is 2.83. The van der Waals surface area contributed by atoms with E-state index in [1.807, 2.05) is 30.3 Å². The largest absolute Gasteiger partial charge is 0.280 e. The van der Waals surface area contributed by atoms with Crippen LogP contribution in [0.1, 0.15) is 12.1 Å². The maximum atomic E-state index is 12.8. The van der Waals surface area contributed by atoms with Gasteiger partial charge >= 0.3 is 0 Å². The quantitative estimate of drug-likeness (QED) is 0.693. The fourth-order valence-corrected chi connectivity index (χ4v) is 1.90. The number of rotatable bonds is 2. The van der Waals surface area contributed by atoms with E-state index in [1.165, 1.54) is 16.8 Å². The summed E-state index contributed by atoms with van der Waals surface area (Å²) in [6, 6.07) is 10.7. The highest BCUT2D eigenvalue weighted by atomic mass is 19.3. The molecule has 90 valence electrons. The summed E-state index contributed by atoms with van der Waals surface area (Å²) in [5, 5.41) is 3.99. The van der Waals surface area contributed by atoms with E-state index in [2.05, 4.69) is 10.1 Å². The average molecular weight is 245 g/mol. The molecule has 0 atom stereocenters. The van der Waals surface area contributed by atoms with Crippen molar-refractivity contribution in [2.75, 3.05) is 0 Å². The zero-order valence-electron chi connectivity index (χ0n) is 9.29. The Morgan fingerprint density at radius 1 is 1.06 bits per heavy atom. The molecule has 2 aromatic heterocycles. The SMILES string of the molecule is FC(F)c1ccnc2c(-c3ccccc3)cnn12. The summed E-state index contributed by atoms with van der Waals surface area (Å²) in [6.07, 6.45) is 0.369. The first-order valence-corrected chi connectivity index (χ1v) is 5.43. The van der Waals surface area contributed by atoms with Gasteiger partial charge in [-0.25, -0.2) is 18.3 Å². The number of aromatic nitrogens is 3. The molecule has 0 fully saturated rings. The van der Waals surface area contributed by atoms with Crippen LogP contribution in [-0.4, -0.2) is 14.6 Å². The van der Waals surface area contributed by atoms with Gasteiger partial charge in [-0.3, -0.25) is 0 Å². The van der Waals surface area contributed by atoms with Gasteiger partial charge in [0.05, 0.1) is 6.20 Å². The van der Waals surface area contributed by atoms with Crippen LogP contribution in [0.5, 0.6) is 0 Å². The molecule has 0 aliphatic heterocycles. The number of hydrogen-bond donors (Lipinski definition) is 0. The second kappa shape index (κ2) is 4.18. The summed E-state index contributed by atoms with van der Waals surface area (Å²) in [7, 11) is 0. The highest BCUT2D eigenvalue weighted by molar-refractivity contribution is 5.76. The number of hydrogen-bond acceptors (Lipinski definition) is 2. The minimum Gasteiger partial charge on any atom is -0.236 e. The summed E-state index contributed by atoms with van der Waals surface area (Å²) in [4.78, 5) is 4.13. The standard InChI is InChI=1S/C13H9F2N3/c14-12(15)11-6-7-16-13-10(8-17-18(11)13)9-4-2-1-3-5-9/h1-8,12H. The third-order valence-corrected chi connectivity index (χ3v) is 2.74. The lowest BCUT2D eigenvalue weighted by molar-refractivity contribution is 0.143. The Bertz CT molecular complexity index is 677. The molecule has 0 saturated carbocycles. The highest BCUT2D eigenvalue weighted by Gasteiger charge is 2.15. The smallest absolute Gasteiger partial charge is 0.236 e. The molecule has 0 radical (unpaired) electrons. The van der Waals surface area contributed by atoms with E-state index >= 15 is 0 Å². The fraction of sp³-hybridized carbons (Fsp3) is 0.0769. The number of fused-ring (bicyclic) bond motifs is 1. The molecule has 0 aliphatic carbocycles. The van der Waals surface area contributed by atoms with Gasteiger partial charge in [-0.1, -0.05) is 30.3 Å². The van der Waals surface area contributed by atoms with Crippen molar-refractivity contribution in [3.8, 4) is 11.1 Å². The highest BCUT2D eigenvalue weighted by Crippen LogP contribution is 2.26. The molecule has 3 nitrogen and oxygen atoms in total. The lowest BCUT2D eigenvalue weighted by atomic mass is 10.1. The molecule has 5 heteroatoms. The number of halogens is 2. The number of benzene rings is 1. The molecule has 0 saturated heterocycles. The Labute approximate surface area is 102 Å². The van der Waals surface area contributed by atoms with Gasteiger partial charge in [-0.05, 0) is 11.6 Å². The first kappa shape index (κ1) is 10.8. The molecule has 18 heavy (non-hydrogen) atoms. The van der Waals surface area contributed by atoms with Crippen LogP contribution in [0, 0.1) is 0 Å². The van der Waals surface area contributed by atoms with Crippen LogP contribution in [0.2, 0.25) is 0 Å². The Morgan fingerprint density at radius 3 is 2.56 bits per heavy atom. The Kier molecular flexibility index (Phi) is 2.51. The van der Waals surface area contributed by atoms with E-state index in [9.17, 15) is 8.78 Å². The van der Waals surface area contributed by atoms with Crippen molar-refractivity contribution < 1.29 is 8.78 Å². The molecule has 0 N–H and O–H groups in total. The zero-order chi connectivity index (χ0) is 12.5. The van der Waals surface area contributed by atoms with Gasteiger partial charge in [0.15, 0.2) is 5.65 Å². The third kappa shape index (κ3) is 1.64. The Balaban J connectivity index is 2.25. The lowest BCUT2D eigenvalue weighted by Crippen LogP contribution is -1.99. The van der Waals surface area contributed by atoms with Crippen LogP contribution >= 0.6 is 0 Å². The molecule has 2 heterocycles. The summed E-state index contributed by atoms with van der Waals surface area (Å²) < 4.78 is 26.8. The van der Waals surface area contributed by atoms with Gasteiger partial charge in [0.2, 0.25) is 0 Å². The second-order valence-electron chi connectivity index (χ2n) is 3.83. The molecular weight excluding hydrogens is 236 g/mol. The first-order chi connectivity index (χ1) is 8.77. The molecule has 3 aromatic rings. The Morgan fingerprint density at radius 2 is 1.83 bits per heavy atom. The summed E-state index contributed by atoms with van der Waals surface area (Å²) in [5.41, 5.74) is 1.95. The molecule has 3 rings (SSSR count). The maximum absolute atomic E-state index is 12.8. The molecule has 0 amide bonds. The third-order valence-electron chi connectivity index (χ3n) is 2.74. The van der Waals surface area contributed by atoms with Crippen molar-refractivity contribution in [3.05, 3.63) is 54.5 Å². The van der Waals surface area contributed by atoms with Crippen molar-refractivity contribution in [1.82, 2.24) is 14.6 Å². The molecule has 1 aromatic carbocycles. The fourth-order valence-electron chi connectivity index (χ4n) is 1.90. The van der Waals surface area contributed by atoms with Crippen LogP contribution in [0.15, 0.2) is 48.8 Å². The van der Waals surface area contributed by atoms with Gasteiger partial charge < -0.3 is 0 Å². The van der Waals surface area contributed by atoms with Crippen molar-refractivity contribution in [2.45, 2.75) is 6.43 Å². The van der Waals surface area contributed by atoms with Crippen molar-refractivity contribution in [3.63, 3.8) is 0 Å². The van der Waals surface area contributed by atoms with Crippen molar-refractivity contribution in [2.24, 2.45) is 0 Å². The monoisotopic (exact) mass is 245 g/mol. The number of alkyl halides is 2. The lowest BCUT2D eigenvalue weighted by Gasteiger charge is -2.03. The van der Waals surface area contributed by atoms with E-state index < -0.39 is 6.43 Å². The van der Waals surface area contributed by atoms with Gasteiger partial charge in [-0.15, -0.1) is 0 Å². The maximum Gasteiger partial charge on any atom is 0.280 e. The summed E-state index contributed by atoms with van der Waals surface area (Å²) >= 11 is 0. The van der Waals surface area contributed by atoms with Crippen LogP contribution in [0.25, 0.3) is 16.8 Å². The van der Waals surface area contributed by atoms with Gasteiger partial charge in [0.1, 0.15) is 5.69 Å². The predicted molar refractivity (Wildman–Crippen MR) is 63.4 cm³/mol. The van der Waals surface area contributed by atoms with Crippen LogP contribution in [0.4, 0.5) is 8.78 Å². The molecule has 0 unspecified atom stereocenters. The normalized spacial score (nSPS) is 11.3. The minimum absolute atomic E-state index is 0.151. The van der Waals surface area contributed by atoms with E-state index in [1.54, 1.807) is 6.20 Å². The van der Waals surface area contributed by atoms with Gasteiger partial charge in [0.25, 0.3) is 6.43 Å². The van der Waals surface area contributed by atoms with Gasteiger partial charge in [-0.2, -0.15) is 5.10 Å². The summed E-state index contributed by atoms with van der Waals surface area (Å²) in [6.45, 7) is 0. The summed E-state index contributed by atoms with van der Waals surface area (Å²) in [5.74, 6) is 0. The first-order valence-electron chi connectivity index (χ1n) is 5.43. The predicted octanol–water partition coefficient (Wildman–Crippen LogP) is 3.33. The molecule has 0 bridgehead atoms. The van der Waals surface area contributed by atoms with E-state index in [4.69, 9.17) is 0 Å². The molecule has 0 spiro atoms. The van der Waals surface area contributed by atoms with Crippen LogP contribution in [0.3, 0.4) is 0 Å². The van der Waals surface area contributed by atoms with Crippen LogP contribution in [-0.2, 0) is 0 Å². The topological polar surface area (TPSA) is 30.2 Å². The minimum atomic E-state index is -2.57. The van der Waals surface area contributed by atoms with E-state index in [-0.39, 0.29) is 5.69 Å². The van der Waals surface area contributed by atoms with Crippen molar-refractivity contribution >= 4 is 5.65 Å². The van der Waals surface area contributed by atoms with E-state index in [0.29, 0.717) is 5.65 Å². The van der Waals surface area contributed by atoms with E-state index in [0.717, 1.165) is 11.1 Å². The van der Waals surface area contributed by atoms with Crippen molar-refractivity contribution in [1.29, 1.82) is 0 Å². The molecular formula is C13H9F2N3.